The predicted octanol–water partition coefficient (Wildman–Crippen LogP) is 2.08. The third-order valence-electron chi connectivity index (χ3n) is 2.49. The second kappa shape index (κ2) is 7.73. The van der Waals surface area contributed by atoms with Gasteiger partial charge < -0.3 is 15.7 Å². The lowest BCUT2D eigenvalue weighted by Crippen LogP contribution is -2.30. The van der Waals surface area contributed by atoms with E-state index in [1.54, 1.807) is 4.68 Å². The number of carboxylic acid groups (broad SMARTS) is 1. The second-order valence-electron chi connectivity index (χ2n) is 4.19. The molecule has 0 aliphatic carbocycles. The maximum Gasteiger partial charge on any atom is 0.341 e. The van der Waals surface area contributed by atoms with Gasteiger partial charge in [-0.1, -0.05) is 20.3 Å². The molecular formula is C12H20N4O2S. The molecule has 106 valence electrons. The van der Waals surface area contributed by atoms with Gasteiger partial charge in [0, 0.05) is 19.3 Å². The molecule has 0 fully saturated rings. The van der Waals surface area contributed by atoms with E-state index in [1.165, 1.54) is 6.20 Å². The minimum absolute atomic E-state index is 0.132. The number of unbranched alkanes of at least 4 members (excludes halogenated alkanes) is 1. The van der Waals surface area contributed by atoms with Crippen molar-refractivity contribution in [1.82, 2.24) is 15.1 Å². The van der Waals surface area contributed by atoms with Gasteiger partial charge in [0.05, 0.1) is 0 Å². The molecule has 3 N–H and O–H groups in total. The van der Waals surface area contributed by atoms with Gasteiger partial charge in [-0.05, 0) is 25.1 Å². The highest BCUT2D eigenvalue weighted by Crippen LogP contribution is 2.13. The number of nitrogens with one attached hydrogen (secondary N) is 2. The molecule has 0 aliphatic heterocycles. The zero-order chi connectivity index (χ0) is 14.3. The average molecular weight is 284 g/mol. The number of aromatic carboxylic acids is 1. The number of nitrogens with zero attached hydrogens (tertiary/aromatic N) is 2. The Morgan fingerprint density at radius 3 is 2.79 bits per heavy atom. The first-order valence-corrected chi connectivity index (χ1v) is 6.84. The van der Waals surface area contributed by atoms with Crippen molar-refractivity contribution in [1.29, 1.82) is 0 Å². The maximum absolute atomic E-state index is 11.1. The summed E-state index contributed by atoms with van der Waals surface area (Å²) >= 11 is 5.11. The Kier molecular flexibility index (Phi) is 6.27. The SMILES string of the molecule is CCCCNC(=S)Nc1nn(CCC)cc1C(=O)O. The van der Waals surface area contributed by atoms with Crippen LogP contribution in [0.2, 0.25) is 0 Å². The topological polar surface area (TPSA) is 79.2 Å². The average Bonchev–Trinajstić information content (AvgIpc) is 2.73. The van der Waals surface area contributed by atoms with Gasteiger partial charge in [-0.2, -0.15) is 5.10 Å². The summed E-state index contributed by atoms with van der Waals surface area (Å²) in [7, 11) is 0. The normalized spacial score (nSPS) is 10.2. The number of rotatable bonds is 7. The van der Waals surface area contributed by atoms with Crippen molar-refractivity contribution in [2.45, 2.75) is 39.7 Å². The van der Waals surface area contributed by atoms with E-state index in [9.17, 15) is 4.79 Å². The van der Waals surface area contributed by atoms with Crippen molar-refractivity contribution >= 4 is 29.1 Å². The minimum Gasteiger partial charge on any atom is -0.477 e. The fourth-order valence-corrected chi connectivity index (χ4v) is 1.74. The first kappa shape index (κ1) is 15.4. The molecule has 0 amide bonds. The molecule has 0 aliphatic rings. The minimum atomic E-state index is -1.01. The Hall–Kier alpha value is -1.63. The number of anilines is 1. The Labute approximate surface area is 118 Å². The van der Waals surface area contributed by atoms with E-state index in [-0.39, 0.29) is 11.4 Å². The van der Waals surface area contributed by atoms with Crippen molar-refractivity contribution in [3.05, 3.63) is 11.8 Å². The maximum atomic E-state index is 11.1. The molecule has 7 heteroatoms. The van der Waals surface area contributed by atoms with Crippen molar-refractivity contribution < 1.29 is 9.90 Å². The molecule has 0 saturated heterocycles. The van der Waals surface area contributed by atoms with Crippen molar-refractivity contribution in [3.8, 4) is 0 Å². The van der Waals surface area contributed by atoms with E-state index in [1.807, 2.05) is 6.92 Å². The largest absolute Gasteiger partial charge is 0.477 e. The lowest BCUT2D eigenvalue weighted by molar-refractivity contribution is 0.0698. The van der Waals surface area contributed by atoms with Crippen LogP contribution in [0, 0.1) is 0 Å². The highest BCUT2D eigenvalue weighted by atomic mass is 32.1. The van der Waals surface area contributed by atoms with E-state index in [0.717, 1.165) is 25.8 Å². The summed E-state index contributed by atoms with van der Waals surface area (Å²) in [6, 6.07) is 0. The van der Waals surface area contributed by atoms with Crippen LogP contribution < -0.4 is 10.6 Å². The van der Waals surface area contributed by atoms with Crippen LogP contribution in [0.1, 0.15) is 43.5 Å². The molecule has 1 aromatic heterocycles. The third kappa shape index (κ3) is 4.86. The quantitative estimate of drug-likeness (QED) is 0.525. The standard InChI is InChI=1S/C12H20N4O2S/c1-3-5-6-13-12(19)14-10-9(11(17)18)8-16(15-10)7-4-2/h8H,3-7H2,1-2H3,(H,17,18)(H2,13,14,15,19). The number of hydrogen-bond donors (Lipinski definition) is 3. The smallest absolute Gasteiger partial charge is 0.341 e. The first-order valence-electron chi connectivity index (χ1n) is 6.44. The fraction of sp³-hybridized carbons (Fsp3) is 0.583. The molecule has 0 radical (unpaired) electrons. The van der Waals surface area contributed by atoms with Gasteiger partial charge in [-0.25, -0.2) is 4.79 Å². The van der Waals surface area contributed by atoms with Crippen LogP contribution in [0.5, 0.6) is 0 Å². The van der Waals surface area contributed by atoms with E-state index in [4.69, 9.17) is 17.3 Å². The van der Waals surface area contributed by atoms with Crippen LogP contribution in [0.15, 0.2) is 6.20 Å². The highest BCUT2D eigenvalue weighted by Gasteiger charge is 2.16. The van der Waals surface area contributed by atoms with Crippen molar-refractivity contribution in [2.75, 3.05) is 11.9 Å². The molecule has 1 rings (SSSR count). The summed E-state index contributed by atoms with van der Waals surface area (Å²) in [4.78, 5) is 11.1. The van der Waals surface area contributed by atoms with Crippen LogP contribution in [-0.2, 0) is 6.54 Å². The number of aryl methyl sites for hydroxylation is 1. The van der Waals surface area contributed by atoms with Gasteiger partial charge in [0.15, 0.2) is 10.9 Å². The van der Waals surface area contributed by atoms with E-state index < -0.39 is 5.97 Å². The molecule has 0 spiro atoms. The number of aromatic nitrogens is 2. The number of carbonyl (C=O) groups is 1. The van der Waals surface area contributed by atoms with Crippen LogP contribution >= 0.6 is 12.2 Å². The molecule has 0 unspecified atom stereocenters. The summed E-state index contributed by atoms with van der Waals surface area (Å²) in [5.41, 5.74) is 0.132. The number of hydrogen-bond acceptors (Lipinski definition) is 3. The van der Waals surface area contributed by atoms with Gasteiger partial charge in [0.25, 0.3) is 0 Å². The molecule has 1 heterocycles. The monoisotopic (exact) mass is 284 g/mol. The summed E-state index contributed by atoms with van der Waals surface area (Å²) in [6.45, 7) is 5.54. The Morgan fingerprint density at radius 1 is 1.47 bits per heavy atom. The summed E-state index contributed by atoms with van der Waals surface area (Å²) < 4.78 is 1.61. The van der Waals surface area contributed by atoms with Gasteiger partial charge in [0.1, 0.15) is 5.56 Å². The zero-order valence-electron chi connectivity index (χ0n) is 11.3. The molecule has 1 aromatic rings. The lowest BCUT2D eigenvalue weighted by Gasteiger charge is -2.08. The van der Waals surface area contributed by atoms with Crippen LogP contribution in [-0.4, -0.2) is 32.5 Å². The Morgan fingerprint density at radius 2 is 2.21 bits per heavy atom. The van der Waals surface area contributed by atoms with E-state index in [0.29, 0.717) is 11.7 Å². The van der Waals surface area contributed by atoms with Gasteiger partial charge in [0.2, 0.25) is 0 Å². The van der Waals surface area contributed by atoms with Gasteiger partial charge in [-0.15, -0.1) is 0 Å². The molecule has 0 atom stereocenters. The third-order valence-corrected chi connectivity index (χ3v) is 2.74. The van der Waals surface area contributed by atoms with Crippen LogP contribution in [0.3, 0.4) is 0 Å². The highest BCUT2D eigenvalue weighted by molar-refractivity contribution is 7.80. The number of carboxylic acids is 1. The lowest BCUT2D eigenvalue weighted by atomic mass is 10.3. The Balaban J connectivity index is 2.70. The van der Waals surface area contributed by atoms with Crippen LogP contribution in [0.25, 0.3) is 0 Å². The zero-order valence-corrected chi connectivity index (χ0v) is 12.1. The first-order chi connectivity index (χ1) is 9.08. The molecular weight excluding hydrogens is 264 g/mol. The molecule has 0 bridgehead atoms. The summed E-state index contributed by atoms with van der Waals surface area (Å²) in [5, 5.41) is 19.6. The van der Waals surface area contributed by atoms with E-state index >= 15 is 0 Å². The Bertz CT molecular complexity index is 445. The molecule has 19 heavy (non-hydrogen) atoms. The summed E-state index contributed by atoms with van der Waals surface area (Å²) in [5.74, 6) is -0.726. The predicted molar refractivity (Wildman–Crippen MR) is 78.6 cm³/mol. The summed E-state index contributed by atoms with van der Waals surface area (Å²) in [6.07, 6.45) is 4.49. The van der Waals surface area contributed by atoms with Crippen molar-refractivity contribution in [3.63, 3.8) is 0 Å². The van der Waals surface area contributed by atoms with Gasteiger partial charge >= 0.3 is 5.97 Å². The second-order valence-corrected chi connectivity index (χ2v) is 4.60. The van der Waals surface area contributed by atoms with Gasteiger partial charge in [-0.3, -0.25) is 4.68 Å². The molecule has 6 nitrogen and oxygen atoms in total. The molecule has 0 saturated carbocycles. The number of thiocarbonyl (C=S) groups is 1. The van der Waals surface area contributed by atoms with E-state index in [2.05, 4.69) is 22.7 Å². The van der Waals surface area contributed by atoms with Crippen LogP contribution in [0.4, 0.5) is 5.82 Å². The van der Waals surface area contributed by atoms with Crippen molar-refractivity contribution in [2.24, 2.45) is 0 Å². The fourth-order valence-electron chi connectivity index (χ4n) is 1.54. The molecule has 0 aromatic carbocycles.